The van der Waals surface area contributed by atoms with Crippen LogP contribution in [0.15, 0.2) is 0 Å². The molecule has 1 saturated heterocycles. The third kappa shape index (κ3) is 4.52. The van der Waals surface area contributed by atoms with E-state index >= 15 is 0 Å². The van der Waals surface area contributed by atoms with Gasteiger partial charge in [0, 0.05) is 31.7 Å². The average molecular weight is 253 g/mol. The normalized spacial score (nSPS) is 27.0. The van der Waals surface area contributed by atoms with E-state index in [0.717, 1.165) is 18.0 Å². The van der Waals surface area contributed by atoms with Crippen LogP contribution in [-0.2, 0) is 0 Å². The highest BCUT2D eigenvalue weighted by Gasteiger charge is 2.26. The van der Waals surface area contributed by atoms with E-state index in [0.29, 0.717) is 0 Å². The number of nitrogens with zero attached hydrogens (tertiary/aromatic N) is 2. The molecule has 3 nitrogen and oxygen atoms in total. The van der Waals surface area contributed by atoms with Crippen molar-refractivity contribution < 1.29 is 0 Å². The molecule has 2 aliphatic rings. The molecule has 0 amide bonds. The van der Waals surface area contributed by atoms with Crippen LogP contribution in [0.1, 0.15) is 39.0 Å². The van der Waals surface area contributed by atoms with Gasteiger partial charge in [-0.2, -0.15) is 0 Å². The summed E-state index contributed by atoms with van der Waals surface area (Å²) >= 11 is 0. The summed E-state index contributed by atoms with van der Waals surface area (Å²) in [5, 5.41) is 3.70. The van der Waals surface area contributed by atoms with Gasteiger partial charge in [0.05, 0.1) is 0 Å². The third-order valence-electron chi connectivity index (χ3n) is 4.50. The molecule has 2 atom stereocenters. The van der Waals surface area contributed by atoms with Crippen molar-refractivity contribution in [3.8, 4) is 0 Å². The minimum atomic E-state index is 0.738. The van der Waals surface area contributed by atoms with E-state index in [-0.39, 0.29) is 0 Å². The van der Waals surface area contributed by atoms with E-state index in [1.807, 2.05) is 0 Å². The fraction of sp³-hybridized carbons (Fsp3) is 1.00. The molecule has 1 saturated carbocycles. The highest BCUT2D eigenvalue weighted by Crippen LogP contribution is 2.20. The lowest BCUT2D eigenvalue weighted by Gasteiger charge is -2.30. The van der Waals surface area contributed by atoms with E-state index in [4.69, 9.17) is 0 Å². The van der Waals surface area contributed by atoms with Gasteiger partial charge >= 0.3 is 0 Å². The lowest BCUT2D eigenvalue weighted by atomic mass is 10.1. The van der Waals surface area contributed by atoms with Gasteiger partial charge in [-0.05, 0) is 52.2 Å². The maximum atomic E-state index is 3.70. The fourth-order valence-corrected chi connectivity index (χ4v) is 3.13. The van der Waals surface area contributed by atoms with Gasteiger partial charge < -0.3 is 15.1 Å². The summed E-state index contributed by atoms with van der Waals surface area (Å²) in [5.41, 5.74) is 0. The van der Waals surface area contributed by atoms with Crippen LogP contribution in [-0.4, -0.2) is 62.2 Å². The third-order valence-corrected chi connectivity index (χ3v) is 4.50. The van der Waals surface area contributed by atoms with Crippen molar-refractivity contribution in [1.29, 1.82) is 0 Å². The first-order valence-corrected chi connectivity index (χ1v) is 7.81. The Morgan fingerprint density at radius 2 is 2.11 bits per heavy atom. The second-order valence-electron chi connectivity index (χ2n) is 6.48. The Kier molecular flexibility index (Phi) is 5.46. The van der Waals surface area contributed by atoms with Crippen molar-refractivity contribution in [3.63, 3.8) is 0 Å². The van der Waals surface area contributed by atoms with E-state index in [9.17, 15) is 0 Å². The second kappa shape index (κ2) is 6.88. The molecule has 0 aromatic rings. The highest BCUT2D eigenvalue weighted by atomic mass is 15.2. The Hall–Kier alpha value is -0.120. The number of hydrogen-bond donors (Lipinski definition) is 1. The summed E-state index contributed by atoms with van der Waals surface area (Å²) in [6, 6.07) is 1.58. The fourth-order valence-electron chi connectivity index (χ4n) is 3.13. The zero-order valence-corrected chi connectivity index (χ0v) is 12.5. The van der Waals surface area contributed by atoms with E-state index in [1.165, 1.54) is 58.3 Å². The molecule has 106 valence electrons. The zero-order chi connectivity index (χ0) is 13.0. The molecule has 2 fully saturated rings. The average Bonchev–Trinajstić information content (AvgIpc) is 3.08. The Morgan fingerprint density at radius 3 is 2.67 bits per heavy atom. The van der Waals surface area contributed by atoms with Crippen LogP contribution in [0.4, 0.5) is 0 Å². The molecule has 18 heavy (non-hydrogen) atoms. The largest absolute Gasteiger partial charge is 0.312 e. The number of hydrogen-bond acceptors (Lipinski definition) is 3. The van der Waals surface area contributed by atoms with E-state index in [2.05, 4.69) is 36.1 Å². The number of likely N-dealkylation sites (tertiary alicyclic amines) is 1. The van der Waals surface area contributed by atoms with Crippen molar-refractivity contribution in [1.82, 2.24) is 15.1 Å². The molecule has 1 aliphatic carbocycles. The van der Waals surface area contributed by atoms with Crippen molar-refractivity contribution in [2.24, 2.45) is 5.92 Å². The van der Waals surface area contributed by atoms with Crippen LogP contribution in [0.5, 0.6) is 0 Å². The van der Waals surface area contributed by atoms with Gasteiger partial charge in [0.2, 0.25) is 0 Å². The molecular weight excluding hydrogens is 222 g/mol. The summed E-state index contributed by atoms with van der Waals surface area (Å²) < 4.78 is 0. The lowest BCUT2D eigenvalue weighted by Crippen LogP contribution is -2.43. The Bertz CT molecular complexity index is 240. The minimum Gasteiger partial charge on any atom is -0.312 e. The van der Waals surface area contributed by atoms with Crippen LogP contribution in [0.25, 0.3) is 0 Å². The standard InChI is InChI=1S/C15H31N3/c1-4-5-15(10-16-14-6-7-14)18(3)12-13-8-9-17(2)11-13/h13-16H,4-12H2,1-3H3. The second-order valence-corrected chi connectivity index (χ2v) is 6.48. The minimum absolute atomic E-state index is 0.738. The van der Waals surface area contributed by atoms with Crippen LogP contribution >= 0.6 is 0 Å². The number of rotatable bonds is 8. The predicted molar refractivity (Wildman–Crippen MR) is 78.0 cm³/mol. The summed E-state index contributed by atoms with van der Waals surface area (Å²) in [7, 11) is 4.57. The van der Waals surface area contributed by atoms with Crippen LogP contribution in [0, 0.1) is 5.92 Å². The first-order valence-electron chi connectivity index (χ1n) is 7.81. The maximum Gasteiger partial charge on any atom is 0.0217 e. The topological polar surface area (TPSA) is 18.5 Å². The summed E-state index contributed by atoms with van der Waals surface area (Å²) in [4.78, 5) is 5.08. The molecule has 3 heteroatoms. The molecule has 1 heterocycles. The predicted octanol–water partition coefficient (Wildman–Crippen LogP) is 1.79. The molecule has 1 aliphatic heterocycles. The smallest absolute Gasteiger partial charge is 0.0217 e. The first kappa shape index (κ1) is 14.3. The van der Waals surface area contributed by atoms with Crippen molar-refractivity contribution in [2.75, 3.05) is 40.3 Å². The summed E-state index contributed by atoms with van der Waals surface area (Å²) in [5.74, 6) is 0.889. The summed E-state index contributed by atoms with van der Waals surface area (Å²) in [6.45, 7) is 7.36. The van der Waals surface area contributed by atoms with Crippen molar-refractivity contribution >= 4 is 0 Å². The van der Waals surface area contributed by atoms with Crippen LogP contribution in [0.3, 0.4) is 0 Å². The molecule has 2 unspecified atom stereocenters. The Labute approximate surface area is 113 Å². The molecule has 1 N–H and O–H groups in total. The van der Waals surface area contributed by atoms with Gasteiger partial charge in [-0.1, -0.05) is 13.3 Å². The lowest BCUT2D eigenvalue weighted by molar-refractivity contribution is 0.191. The summed E-state index contributed by atoms with van der Waals surface area (Å²) in [6.07, 6.45) is 6.81. The molecule has 0 radical (unpaired) electrons. The van der Waals surface area contributed by atoms with Gasteiger partial charge in [0.25, 0.3) is 0 Å². The molecule has 0 aromatic heterocycles. The maximum absolute atomic E-state index is 3.70. The van der Waals surface area contributed by atoms with Crippen molar-refractivity contribution in [3.05, 3.63) is 0 Å². The SMILES string of the molecule is CCCC(CNC1CC1)N(C)CC1CCN(C)C1. The van der Waals surface area contributed by atoms with Crippen LogP contribution in [0.2, 0.25) is 0 Å². The van der Waals surface area contributed by atoms with Gasteiger partial charge in [-0.25, -0.2) is 0 Å². The highest BCUT2D eigenvalue weighted by molar-refractivity contribution is 4.85. The molecule has 0 aromatic carbocycles. The van der Waals surface area contributed by atoms with Crippen LogP contribution < -0.4 is 5.32 Å². The van der Waals surface area contributed by atoms with Gasteiger partial charge in [-0.15, -0.1) is 0 Å². The molecular formula is C15H31N3. The van der Waals surface area contributed by atoms with E-state index < -0.39 is 0 Å². The van der Waals surface area contributed by atoms with Gasteiger partial charge in [0.1, 0.15) is 0 Å². The van der Waals surface area contributed by atoms with Gasteiger partial charge in [0.15, 0.2) is 0 Å². The van der Waals surface area contributed by atoms with Crippen molar-refractivity contribution in [2.45, 2.75) is 51.1 Å². The quantitative estimate of drug-likeness (QED) is 0.711. The molecule has 0 bridgehead atoms. The van der Waals surface area contributed by atoms with Gasteiger partial charge in [-0.3, -0.25) is 0 Å². The Morgan fingerprint density at radius 1 is 1.33 bits per heavy atom. The first-order chi connectivity index (χ1) is 8.69. The number of likely N-dealkylation sites (N-methyl/N-ethyl adjacent to an activating group) is 1. The van der Waals surface area contributed by atoms with E-state index in [1.54, 1.807) is 0 Å². The Balaban J connectivity index is 1.72. The number of nitrogens with one attached hydrogen (secondary N) is 1. The monoisotopic (exact) mass is 253 g/mol. The zero-order valence-electron chi connectivity index (χ0n) is 12.5. The molecule has 0 spiro atoms. The molecule has 2 rings (SSSR count).